The fraction of sp³-hybridized carbons (Fsp3) is 0.286. The maximum atomic E-state index is 5.86. The van der Waals surface area contributed by atoms with Crippen LogP contribution in [0.1, 0.15) is 12.8 Å². The van der Waals surface area contributed by atoms with Gasteiger partial charge in [-0.2, -0.15) is 4.98 Å². The molecule has 1 fully saturated rings. The topological polar surface area (TPSA) is 41.1 Å². The molecule has 0 amide bonds. The second-order valence-electron chi connectivity index (χ2n) is 4.56. The van der Waals surface area contributed by atoms with E-state index < -0.39 is 0 Å². The van der Waals surface area contributed by atoms with Gasteiger partial charge >= 0.3 is 0 Å². The molecule has 1 aromatic heterocycles. The van der Waals surface area contributed by atoms with Crippen LogP contribution in [0.5, 0.6) is 0 Å². The molecular formula is C14H15ClN4. The Morgan fingerprint density at radius 3 is 2.53 bits per heavy atom. The molecule has 2 aromatic rings. The summed E-state index contributed by atoms with van der Waals surface area (Å²) >= 11 is 5.86. The molecule has 0 unspecified atom stereocenters. The lowest BCUT2D eigenvalue weighted by Crippen LogP contribution is -2.19. The molecule has 1 N–H and O–H groups in total. The second-order valence-corrected chi connectivity index (χ2v) is 5.00. The van der Waals surface area contributed by atoms with Gasteiger partial charge in [0.15, 0.2) is 0 Å². The molecule has 1 aliphatic heterocycles. The monoisotopic (exact) mass is 274 g/mol. The van der Waals surface area contributed by atoms with Crippen LogP contribution in [-0.4, -0.2) is 23.1 Å². The maximum absolute atomic E-state index is 5.86. The Morgan fingerprint density at radius 2 is 1.79 bits per heavy atom. The molecular weight excluding hydrogens is 260 g/mol. The quantitative estimate of drug-likeness (QED) is 0.930. The Hall–Kier alpha value is -1.81. The van der Waals surface area contributed by atoms with Crippen molar-refractivity contribution < 1.29 is 0 Å². The molecule has 0 radical (unpaired) electrons. The summed E-state index contributed by atoms with van der Waals surface area (Å²) in [6, 6.07) is 9.46. The number of nitrogens with zero attached hydrogens (tertiary/aromatic N) is 3. The van der Waals surface area contributed by atoms with Crippen LogP contribution >= 0.6 is 11.6 Å². The van der Waals surface area contributed by atoms with Gasteiger partial charge in [-0.25, -0.2) is 4.98 Å². The van der Waals surface area contributed by atoms with E-state index in [1.54, 1.807) is 6.20 Å². The highest BCUT2D eigenvalue weighted by Crippen LogP contribution is 2.20. The van der Waals surface area contributed by atoms with Gasteiger partial charge < -0.3 is 10.2 Å². The van der Waals surface area contributed by atoms with Gasteiger partial charge in [0.05, 0.1) is 0 Å². The Morgan fingerprint density at radius 1 is 1.05 bits per heavy atom. The molecule has 1 aliphatic rings. The molecule has 0 atom stereocenters. The Balaban J connectivity index is 1.77. The summed E-state index contributed by atoms with van der Waals surface area (Å²) in [6.07, 6.45) is 4.27. The zero-order valence-corrected chi connectivity index (χ0v) is 11.3. The first-order valence-electron chi connectivity index (χ1n) is 6.42. The van der Waals surface area contributed by atoms with E-state index in [4.69, 9.17) is 11.6 Å². The molecule has 0 spiro atoms. The third-order valence-corrected chi connectivity index (χ3v) is 3.42. The van der Waals surface area contributed by atoms with Crippen LogP contribution in [-0.2, 0) is 0 Å². The van der Waals surface area contributed by atoms with Crippen LogP contribution < -0.4 is 10.2 Å². The number of anilines is 3. The number of rotatable bonds is 3. The number of benzene rings is 1. The van der Waals surface area contributed by atoms with Crippen molar-refractivity contribution in [2.24, 2.45) is 0 Å². The third kappa shape index (κ3) is 2.96. The minimum absolute atomic E-state index is 0.617. The lowest BCUT2D eigenvalue weighted by Gasteiger charge is -2.16. The van der Waals surface area contributed by atoms with Gasteiger partial charge in [0.2, 0.25) is 5.95 Å². The maximum Gasteiger partial charge on any atom is 0.229 e. The van der Waals surface area contributed by atoms with Gasteiger partial charge in [0, 0.05) is 30.0 Å². The second kappa shape index (κ2) is 5.45. The van der Waals surface area contributed by atoms with Crippen molar-refractivity contribution in [3.05, 3.63) is 41.6 Å². The van der Waals surface area contributed by atoms with E-state index in [1.165, 1.54) is 12.8 Å². The summed E-state index contributed by atoms with van der Waals surface area (Å²) in [5, 5.41) is 3.91. The van der Waals surface area contributed by atoms with Crippen molar-refractivity contribution in [2.75, 3.05) is 23.3 Å². The first-order valence-corrected chi connectivity index (χ1v) is 6.80. The van der Waals surface area contributed by atoms with Gasteiger partial charge in [-0.3, -0.25) is 0 Å². The number of aromatic nitrogens is 2. The van der Waals surface area contributed by atoms with Crippen LogP contribution in [0.2, 0.25) is 5.02 Å². The van der Waals surface area contributed by atoms with Crippen LogP contribution in [0.25, 0.3) is 0 Å². The highest BCUT2D eigenvalue weighted by molar-refractivity contribution is 6.30. The van der Waals surface area contributed by atoms with Crippen molar-refractivity contribution >= 4 is 29.1 Å². The average molecular weight is 275 g/mol. The van der Waals surface area contributed by atoms with Crippen LogP contribution in [0, 0.1) is 0 Å². The third-order valence-electron chi connectivity index (χ3n) is 3.17. The smallest absolute Gasteiger partial charge is 0.229 e. The Labute approximate surface area is 117 Å². The van der Waals surface area contributed by atoms with E-state index in [0.29, 0.717) is 5.95 Å². The van der Waals surface area contributed by atoms with Crippen LogP contribution in [0.4, 0.5) is 17.5 Å². The molecule has 1 aromatic carbocycles. The fourth-order valence-corrected chi connectivity index (χ4v) is 2.32. The first-order chi connectivity index (χ1) is 9.31. The standard InChI is InChI=1S/C14H15ClN4/c15-11-3-5-12(6-4-11)17-14-16-8-7-13(18-14)19-9-1-2-10-19/h3-8H,1-2,9-10H2,(H,16,17,18). The molecule has 5 heteroatoms. The molecule has 4 nitrogen and oxygen atoms in total. The highest BCUT2D eigenvalue weighted by atomic mass is 35.5. The summed E-state index contributed by atoms with van der Waals surface area (Å²) in [5.74, 6) is 1.61. The zero-order valence-electron chi connectivity index (χ0n) is 10.5. The summed E-state index contributed by atoms with van der Waals surface area (Å²) in [4.78, 5) is 11.1. The predicted octanol–water partition coefficient (Wildman–Crippen LogP) is 3.47. The van der Waals surface area contributed by atoms with Gasteiger partial charge in [-0.05, 0) is 43.2 Å². The van der Waals surface area contributed by atoms with Crippen molar-refractivity contribution in [1.29, 1.82) is 0 Å². The number of hydrogen-bond donors (Lipinski definition) is 1. The summed E-state index contributed by atoms with van der Waals surface area (Å²) in [5.41, 5.74) is 0.933. The zero-order chi connectivity index (χ0) is 13.1. The van der Waals surface area contributed by atoms with Crippen LogP contribution in [0.3, 0.4) is 0 Å². The summed E-state index contributed by atoms with van der Waals surface area (Å²) in [6.45, 7) is 2.16. The highest BCUT2D eigenvalue weighted by Gasteiger charge is 2.13. The lowest BCUT2D eigenvalue weighted by molar-refractivity contribution is 0.930. The summed E-state index contributed by atoms with van der Waals surface area (Å²) in [7, 11) is 0. The van der Waals surface area contributed by atoms with Crippen molar-refractivity contribution in [3.8, 4) is 0 Å². The lowest BCUT2D eigenvalue weighted by atomic mass is 10.3. The van der Waals surface area contributed by atoms with E-state index in [2.05, 4.69) is 20.2 Å². The van der Waals surface area contributed by atoms with Gasteiger partial charge in [0.1, 0.15) is 5.82 Å². The minimum atomic E-state index is 0.617. The van der Waals surface area contributed by atoms with Crippen LogP contribution in [0.15, 0.2) is 36.5 Å². The first kappa shape index (κ1) is 12.2. The normalized spacial score (nSPS) is 14.7. The molecule has 0 bridgehead atoms. The number of nitrogens with one attached hydrogen (secondary N) is 1. The Bertz CT molecular complexity index is 550. The molecule has 19 heavy (non-hydrogen) atoms. The van der Waals surface area contributed by atoms with Gasteiger partial charge in [-0.1, -0.05) is 11.6 Å². The molecule has 0 saturated carbocycles. The number of hydrogen-bond acceptors (Lipinski definition) is 4. The van der Waals surface area contributed by atoms with Crippen molar-refractivity contribution in [3.63, 3.8) is 0 Å². The van der Waals surface area contributed by atoms with Crippen molar-refractivity contribution in [1.82, 2.24) is 9.97 Å². The molecule has 0 aliphatic carbocycles. The predicted molar refractivity (Wildman–Crippen MR) is 78.2 cm³/mol. The number of halogens is 1. The van der Waals surface area contributed by atoms with E-state index in [-0.39, 0.29) is 0 Å². The largest absolute Gasteiger partial charge is 0.356 e. The molecule has 2 heterocycles. The van der Waals surface area contributed by atoms with Crippen molar-refractivity contribution in [2.45, 2.75) is 12.8 Å². The van der Waals surface area contributed by atoms with E-state index in [1.807, 2.05) is 30.3 Å². The Kier molecular flexibility index (Phi) is 3.51. The van der Waals surface area contributed by atoms with Gasteiger partial charge in [0.25, 0.3) is 0 Å². The average Bonchev–Trinajstić information content (AvgIpc) is 2.96. The van der Waals surface area contributed by atoms with Gasteiger partial charge in [-0.15, -0.1) is 0 Å². The van der Waals surface area contributed by atoms with E-state index in [0.717, 1.165) is 29.6 Å². The SMILES string of the molecule is Clc1ccc(Nc2nccc(N3CCCC3)n2)cc1. The fourth-order valence-electron chi connectivity index (χ4n) is 2.19. The molecule has 3 rings (SSSR count). The molecule has 98 valence electrons. The van der Waals surface area contributed by atoms with E-state index >= 15 is 0 Å². The molecule has 1 saturated heterocycles. The minimum Gasteiger partial charge on any atom is -0.356 e. The van der Waals surface area contributed by atoms with E-state index in [9.17, 15) is 0 Å². The summed E-state index contributed by atoms with van der Waals surface area (Å²) < 4.78 is 0.